The summed E-state index contributed by atoms with van der Waals surface area (Å²) in [5, 5.41) is 20.4. The van der Waals surface area contributed by atoms with Crippen LogP contribution in [0.4, 0.5) is 0 Å². The van der Waals surface area contributed by atoms with Crippen LogP contribution in [-0.4, -0.2) is 15.8 Å². The molecule has 1 rings (SSSR count). The summed E-state index contributed by atoms with van der Waals surface area (Å²) in [5.41, 5.74) is -0.240. The van der Waals surface area contributed by atoms with Gasteiger partial charge < -0.3 is 14.9 Å². The first-order valence-electron chi connectivity index (χ1n) is 13.3. The van der Waals surface area contributed by atoms with Crippen molar-refractivity contribution >= 4 is 0 Å². The first-order valence-corrected chi connectivity index (χ1v) is 13.3. The highest BCUT2D eigenvalue weighted by Crippen LogP contribution is 2.41. The first kappa shape index (κ1) is 27.7. The molecule has 2 N–H and O–H groups in total. The Morgan fingerprint density at radius 1 is 0.613 bits per heavy atom. The third-order valence-corrected chi connectivity index (χ3v) is 6.51. The molecule has 0 radical (unpaired) electrons. The van der Waals surface area contributed by atoms with E-state index in [1.54, 1.807) is 12.1 Å². The molecule has 1 aromatic rings. The Bertz CT molecular complexity index is 519. The van der Waals surface area contributed by atoms with Crippen molar-refractivity contribution in [2.75, 3.05) is 0 Å². The molecule has 0 saturated heterocycles. The quantitative estimate of drug-likeness (QED) is 0.159. The second-order valence-electron chi connectivity index (χ2n) is 9.40. The van der Waals surface area contributed by atoms with E-state index >= 15 is 0 Å². The number of rotatable bonds is 20. The van der Waals surface area contributed by atoms with Crippen LogP contribution in [0.1, 0.15) is 136 Å². The van der Waals surface area contributed by atoms with Gasteiger partial charge in [-0.05, 0) is 50.7 Å². The van der Waals surface area contributed by atoms with Crippen molar-refractivity contribution in [1.29, 1.82) is 0 Å². The standard InChI is InChI=1S/C28H50O3/c1-4-7-10-13-16-22-28(23-17-14-11-8-5-2,24-18-15-12-9-6-3)31-26-21-19-20-25(29)27(26)30/h19-21,29-30H,4-18,22-24H2,1-3H3. The van der Waals surface area contributed by atoms with Crippen LogP contribution in [0.15, 0.2) is 18.2 Å². The van der Waals surface area contributed by atoms with Gasteiger partial charge in [0.15, 0.2) is 11.5 Å². The maximum absolute atomic E-state index is 10.4. The van der Waals surface area contributed by atoms with Gasteiger partial charge in [-0.2, -0.15) is 0 Å². The summed E-state index contributed by atoms with van der Waals surface area (Å²) in [5.74, 6) is 0.228. The molecule has 31 heavy (non-hydrogen) atoms. The number of para-hydroxylation sites is 1. The number of phenols is 2. The number of phenolic OH excluding ortho intramolecular Hbond substituents is 2. The number of benzene rings is 1. The Morgan fingerprint density at radius 3 is 1.45 bits per heavy atom. The fourth-order valence-electron chi connectivity index (χ4n) is 4.51. The van der Waals surface area contributed by atoms with Gasteiger partial charge in [0.1, 0.15) is 5.60 Å². The van der Waals surface area contributed by atoms with E-state index in [1.807, 2.05) is 0 Å². The monoisotopic (exact) mass is 434 g/mol. The molecule has 0 amide bonds. The summed E-state index contributed by atoms with van der Waals surface area (Å²) < 4.78 is 6.62. The average Bonchev–Trinajstić information content (AvgIpc) is 2.76. The molecule has 0 aliphatic heterocycles. The Morgan fingerprint density at radius 2 is 1.03 bits per heavy atom. The molecule has 0 aromatic heterocycles. The molecular weight excluding hydrogens is 384 g/mol. The maximum atomic E-state index is 10.4. The lowest BCUT2D eigenvalue weighted by atomic mass is 9.84. The minimum absolute atomic E-state index is 0.0970. The minimum atomic E-state index is -0.240. The van der Waals surface area contributed by atoms with Crippen molar-refractivity contribution in [2.24, 2.45) is 0 Å². The molecule has 0 saturated carbocycles. The molecule has 0 unspecified atom stereocenters. The maximum Gasteiger partial charge on any atom is 0.200 e. The number of hydrogen-bond acceptors (Lipinski definition) is 3. The average molecular weight is 435 g/mol. The van der Waals surface area contributed by atoms with Crippen LogP contribution < -0.4 is 4.74 Å². The minimum Gasteiger partial charge on any atom is -0.504 e. The fourth-order valence-corrected chi connectivity index (χ4v) is 4.51. The summed E-state index contributed by atoms with van der Waals surface area (Å²) in [6.07, 6.45) is 21.9. The molecule has 0 heterocycles. The Balaban J connectivity index is 2.90. The highest BCUT2D eigenvalue weighted by atomic mass is 16.5. The Labute approximate surface area is 192 Å². The predicted molar refractivity (Wildman–Crippen MR) is 133 cm³/mol. The van der Waals surface area contributed by atoms with Gasteiger partial charge in [-0.25, -0.2) is 0 Å². The van der Waals surface area contributed by atoms with Gasteiger partial charge in [-0.3, -0.25) is 0 Å². The summed E-state index contributed by atoms with van der Waals surface area (Å²) in [6, 6.07) is 5.08. The van der Waals surface area contributed by atoms with Gasteiger partial charge in [-0.1, -0.05) is 104 Å². The topological polar surface area (TPSA) is 49.7 Å². The molecular formula is C28H50O3. The summed E-state index contributed by atoms with van der Waals surface area (Å²) in [7, 11) is 0. The van der Waals surface area contributed by atoms with Crippen molar-refractivity contribution in [3.05, 3.63) is 18.2 Å². The normalized spacial score (nSPS) is 11.7. The van der Waals surface area contributed by atoms with Crippen molar-refractivity contribution < 1.29 is 14.9 Å². The van der Waals surface area contributed by atoms with Crippen LogP contribution in [0.2, 0.25) is 0 Å². The molecule has 3 nitrogen and oxygen atoms in total. The molecule has 180 valence electrons. The Kier molecular flexibility index (Phi) is 15.4. The second kappa shape index (κ2) is 17.2. The van der Waals surface area contributed by atoms with E-state index in [2.05, 4.69) is 20.8 Å². The highest BCUT2D eigenvalue weighted by Gasteiger charge is 2.32. The Hall–Kier alpha value is -1.38. The predicted octanol–water partition coefficient (Wildman–Crippen LogP) is 9.30. The largest absolute Gasteiger partial charge is 0.504 e. The number of aromatic hydroxyl groups is 2. The van der Waals surface area contributed by atoms with Gasteiger partial charge >= 0.3 is 0 Å². The molecule has 1 aromatic carbocycles. The van der Waals surface area contributed by atoms with E-state index in [0.717, 1.165) is 19.3 Å². The second-order valence-corrected chi connectivity index (χ2v) is 9.40. The fraction of sp³-hybridized carbons (Fsp3) is 0.786. The zero-order chi connectivity index (χ0) is 22.8. The van der Waals surface area contributed by atoms with E-state index < -0.39 is 0 Å². The van der Waals surface area contributed by atoms with Crippen LogP contribution >= 0.6 is 0 Å². The highest BCUT2D eigenvalue weighted by molar-refractivity contribution is 5.49. The molecule has 0 spiro atoms. The molecule has 0 atom stereocenters. The summed E-state index contributed by atoms with van der Waals surface area (Å²) in [6.45, 7) is 6.76. The van der Waals surface area contributed by atoms with Crippen molar-refractivity contribution in [2.45, 2.75) is 142 Å². The van der Waals surface area contributed by atoms with E-state index in [1.165, 1.54) is 102 Å². The van der Waals surface area contributed by atoms with E-state index in [-0.39, 0.29) is 17.1 Å². The zero-order valence-electron chi connectivity index (χ0n) is 20.8. The van der Waals surface area contributed by atoms with Crippen molar-refractivity contribution in [3.63, 3.8) is 0 Å². The van der Waals surface area contributed by atoms with Crippen LogP contribution in [-0.2, 0) is 0 Å². The van der Waals surface area contributed by atoms with Crippen LogP contribution in [0.3, 0.4) is 0 Å². The molecule has 0 aliphatic rings. The van der Waals surface area contributed by atoms with E-state index in [4.69, 9.17) is 4.74 Å². The van der Waals surface area contributed by atoms with Crippen LogP contribution in [0, 0.1) is 0 Å². The molecule has 0 fully saturated rings. The smallest absolute Gasteiger partial charge is 0.200 e. The molecule has 3 heteroatoms. The van der Waals surface area contributed by atoms with Crippen molar-refractivity contribution in [1.82, 2.24) is 0 Å². The van der Waals surface area contributed by atoms with Gasteiger partial charge in [-0.15, -0.1) is 0 Å². The van der Waals surface area contributed by atoms with Crippen LogP contribution in [0.5, 0.6) is 17.2 Å². The van der Waals surface area contributed by atoms with Gasteiger partial charge in [0.2, 0.25) is 5.75 Å². The number of hydrogen-bond donors (Lipinski definition) is 2. The lowest BCUT2D eigenvalue weighted by molar-refractivity contribution is 0.0305. The zero-order valence-corrected chi connectivity index (χ0v) is 20.8. The van der Waals surface area contributed by atoms with Gasteiger partial charge in [0, 0.05) is 0 Å². The summed E-state index contributed by atoms with van der Waals surface area (Å²) >= 11 is 0. The summed E-state index contributed by atoms with van der Waals surface area (Å²) in [4.78, 5) is 0. The molecule has 0 bridgehead atoms. The molecule has 0 aliphatic carbocycles. The van der Waals surface area contributed by atoms with Gasteiger partial charge in [0.05, 0.1) is 0 Å². The number of ether oxygens (including phenoxy) is 1. The SMILES string of the molecule is CCCCCCCC(CCCCCCC)(CCCCCCC)Oc1cccc(O)c1O. The van der Waals surface area contributed by atoms with Crippen molar-refractivity contribution in [3.8, 4) is 17.2 Å². The third-order valence-electron chi connectivity index (χ3n) is 6.51. The van der Waals surface area contributed by atoms with E-state index in [9.17, 15) is 10.2 Å². The van der Waals surface area contributed by atoms with Gasteiger partial charge in [0.25, 0.3) is 0 Å². The third kappa shape index (κ3) is 11.7. The first-order chi connectivity index (χ1) is 15.1. The lowest BCUT2D eigenvalue weighted by Gasteiger charge is -2.36. The van der Waals surface area contributed by atoms with Crippen LogP contribution in [0.25, 0.3) is 0 Å². The lowest BCUT2D eigenvalue weighted by Crippen LogP contribution is -2.36. The number of unbranched alkanes of at least 4 members (excludes halogenated alkanes) is 12. The van der Waals surface area contributed by atoms with E-state index in [0.29, 0.717) is 5.75 Å².